The molecule has 1 N–H and O–H groups in total. The third-order valence-corrected chi connectivity index (χ3v) is 3.55. The van der Waals surface area contributed by atoms with Crippen molar-refractivity contribution in [1.82, 2.24) is 10.2 Å². The number of likely N-dealkylation sites (tertiary alicyclic amines) is 1. The third-order valence-electron chi connectivity index (χ3n) is 3.55. The predicted octanol–water partition coefficient (Wildman–Crippen LogP) is 2.24. The molecule has 0 radical (unpaired) electrons. The van der Waals surface area contributed by atoms with E-state index >= 15 is 0 Å². The Balaban J connectivity index is 1.76. The van der Waals surface area contributed by atoms with Crippen LogP contribution in [0, 0.1) is 12.7 Å². The van der Waals surface area contributed by atoms with Crippen molar-refractivity contribution in [3.63, 3.8) is 0 Å². The molecule has 1 saturated heterocycles. The van der Waals surface area contributed by atoms with E-state index in [0.29, 0.717) is 18.7 Å². The minimum absolute atomic E-state index is 0.146. The van der Waals surface area contributed by atoms with Crippen molar-refractivity contribution in [2.45, 2.75) is 32.7 Å². The van der Waals surface area contributed by atoms with Gasteiger partial charge in [-0.3, -0.25) is 4.79 Å². The Bertz CT molecular complexity index is 442. The standard InChI is InChI=1S/C15H21FN2O/c1-12-5-6-13(9-14(12)16)10-17-11-15(19)18-7-3-2-4-8-18/h5-6,9,17H,2-4,7-8,10-11H2,1H3. The van der Waals surface area contributed by atoms with Crippen LogP contribution in [0.3, 0.4) is 0 Å². The Morgan fingerprint density at radius 2 is 2.05 bits per heavy atom. The van der Waals surface area contributed by atoms with E-state index in [9.17, 15) is 9.18 Å². The molecule has 4 heteroatoms. The maximum absolute atomic E-state index is 13.4. The molecule has 0 spiro atoms. The van der Waals surface area contributed by atoms with Crippen LogP contribution in [0.15, 0.2) is 18.2 Å². The molecule has 0 aliphatic carbocycles. The lowest BCUT2D eigenvalue weighted by Crippen LogP contribution is -2.40. The number of aryl methyl sites for hydroxylation is 1. The van der Waals surface area contributed by atoms with E-state index in [0.717, 1.165) is 31.5 Å². The lowest BCUT2D eigenvalue weighted by atomic mass is 10.1. The van der Waals surface area contributed by atoms with Gasteiger partial charge in [-0.05, 0) is 43.4 Å². The number of benzene rings is 1. The van der Waals surface area contributed by atoms with Gasteiger partial charge in [0.1, 0.15) is 5.82 Å². The first-order valence-corrected chi connectivity index (χ1v) is 6.90. The molecule has 1 heterocycles. The van der Waals surface area contributed by atoms with Crippen molar-refractivity contribution in [3.8, 4) is 0 Å². The van der Waals surface area contributed by atoms with Crippen LogP contribution in [0.25, 0.3) is 0 Å². The lowest BCUT2D eigenvalue weighted by Gasteiger charge is -2.26. The zero-order chi connectivity index (χ0) is 13.7. The largest absolute Gasteiger partial charge is 0.342 e. The maximum Gasteiger partial charge on any atom is 0.236 e. The van der Waals surface area contributed by atoms with Crippen molar-refractivity contribution in [2.24, 2.45) is 0 Å². The Morgan fingerprint density at radius 3 is 2.74 bits per heavy atom. The monoisotopic (exact) mass is 264 g/mol. The summed E-state index contributed by atoms with van der Waals surface area (Å²) in [6.07, 6.45) is 3.43. The second-order valence-electron chi connectivity index (χ2n) is 5.13. The molecule has 1 aromatic rings. The fraction of sp³-hybridized carbons (Fsp3) is 0.533. The maximum atomic E-state index is 13.4. The molecule has 19 heavy (non-hydrogen) atoms. The highest BCUT2D eigenvalue weighted by molar-refractivity contribution is 5.78. The van der Waals surface area contributed by atoms with Crippen molar-refractivity contribution in [1.29, 1.82) is 0 Å². The second-order valence-corrected chi connectivity index (χ2v) is 5.13. The molecular weight excluding hydrogens is 243 g/mol. The van der Waals surface area contributed by atoms with E-state index in [1.165, 1.54) is 12.5 Å². The summed E-state index contributed by atoms with van der Waals surface area (Å²) in [5.41, 5.74) is 1.52. The van der Waals surface area contributed by atoms with Gasteiger partial charge in [0.2, 0.25) is 5.91 Å². The number of amides is 1. The Kier molecular flexibility index (Phi) is 4.91. The van der Waals surface area contributed by atoms with Crippen molar-refractivity contribution < 1.29 is 9.18 Å². The van der Waals surface area contributed by atoms with Crippen molar-refractivity contribution in [2.75, 3.05) is 19.6 Å². The van der Waals surface area contributed by atoms with E-state index in [1.807, 2.05) is 11.0 Å². The molecule has 0 saturated carbocycles. The molecule has 0 unspecified atom stereocenters. The normalized spacial score (nSPS) is 15.6. The number of piperidine rings is 1. The second kappa shape index (κ2) is 6.66. The Morgan fingerprint density at radius 1 is 1.32 bits per heavy atom. The number of hydrogen-bond donors (Lipinski definition) is 1. The number of nitrogens with one attached hydrogen (secondary N) is 1. The van der Waals surface area contributed by atoms with Crippen LogP contribution in [0.4, 0.5) is 4.39 Å². The highest BCUT2D eigenvalue weighted by Gasteiger charge is 2.15. The van der Waals surface area contributed by atoms with E-state index in [-0.39, 0.29) is 11.7 Å². The average Bonchev–Trinajstić information content (AvgIpc) is 2.43. The van der Waals surface area contributed by atoms with Crippen LogP contribution in [0.5, 0.6) is 0 Å². The van der Waals surface area contributed by atoms with Gasteiger partial charge in [-0.1, -0.05) is 12.1 Å². The molecule has 1 fully saturated rings. The van der Waals surface area contributed by atoms with Crippen molar-refractivity contribution in [3.05, 3.63) is 35.1 Å². The summed E-state index contributed by atoms with van der Waals surface area (Å²) in [5, 5.41) is 3.09. The molecule has 1 aromatic carbocycles. The summed E-state index contributed by atoms with van der Waals surface area (Å²) < 4.78 is 13.4. The number of nitrogens with zero attached hydrogens (tertiary/aromatic N) is 1. The summed E-state index contributed by atoms with van der Waals surface area (Å²) in [6, 6.07) is 5.17. The van der Waals surface area contributed by atoms with Crippen molar-refractivity contribution >= 4 is 5.91 Å². The first-order chi connectivity index (χ1) is 9.16. The highest BCUT2D eigenvalue weighted by Crippen LogP contribution is 2.10. The molecule has 0 atom stereocenters. The molecule has 0 aromatic heterocycles. The predicted molar refractivity (Wildman–Crippen MR) is 73.3 cm³/mol. The van der Waals surface area contributed by atoms with Gasteiger partial charge in [0.05, 0.1) is 6.54 Å². The van der Waals surface area contributed by atoms with E-state index < -0.39 is 0 Å². The number of carbonyl (C=O) groups is 1. The van der Waals surface area contributed by atoms with Gasteiger partial charge in [-0.15, -0.1) is 0 Å². The first-order valence-electron chi connectivity index (χ1n) is 6.90. The first kappa shape index (κ1) is 14.0. The fourth-order valence-corrected chi connectivity index (χ4v) is 2.32. The van der Waals surface area contributed by atoms with Crippen LogP contribution in [0.2, 0.25) is 0 Å². The summed E-state index contributed by atoms with van der Waals surface area (Å²) >= 11 is 0. The molecule has 2 rings (SSSR count). The fourth-order valence-electron chi connectivity index (χ4n) is 2.32. The molecule has 3 nitrogen and oxygen atoms in total. The smallest absolute Gasteiger partial charge is 0.236 e. The van der Waals surface area contributed by atoms with Gasteiger partial charge >= 0.3 is 0 Å². The van der Waals surface area contributed by atoms with Gasteiger partial charge in [0, 0.05) is 19.6 Å². The van der Waals surface area contributed by atoms with E-state index in [1.54, 1.807) is 13.0 Å². The summed E-state index contributed by atoms with van der Waals surface area (Å²) in [5.74, 6) is -0.0473. The highest BCUT2D eigenvalue weighted by atomic mass is 19.1. The zero-order valence-electron chi connectivity index (χ0n) is 11.4. The lowest BCUT2D eigenvalue weighted by molar-refractivity contribution is -0.131. The molecule has 104 valence electrons. The summed E-state index contributed by atoms with van der Waals surface area (Å²) in [4.78, 5) is 13.8. The number of rotatable bonds is 4. The van der Waals surface area contributed by atoms with Gasteiger partial charge in [0.15, 0.2) is 0 Å². The van der Waals surface area contributed by atoms with Gasteiger partial charge in [-0.2, -0.15) is 0 Å². The van der Waals surface area contributed by atoms with Gasteiger partial charge in [0.25, 0.3) is 0 Å². The van der Waals surface area contributed by atoms with Crippen LogP contribution < -0.4 is 5.32 Å². The third kappa shape index (κ3) is 4.03. The molecular formula is C15H21FN2O. The topological polar surface area (TPSA) is 32.3 Å². The van der Waals surface area contributed by atoms with Gasteiger partial charge in [-0.25, -0.2) is 4.39 Å². The number of halogens is 1. The number of hydrogen-bond acceptors (Lipinski definition) is 2. The zero-order valence-corrected chi connectivity index (χ0v) is 11.4. The van der Waals surface area contributed by atoms with Gasteiger partial charge < -0.3 is 10.2 Å². The minimum atomic E-state index is -0.193. The summed E-state index contributed by atoms with van der Waals surface area (Å²) in [7, 11) is 0. The van der Waals surface area contributed by atoms with E-state index in [2.05, 4.69) is 5.32 Å². The SMILES string of the molecule is Cc1ccc(CNCC(=O)N2CCCCC2)cc1F. The van der Waals surface area contributed by atoms with E-state index in [4.69, 9.17) is 0 Å². The van der Waals surface area contributed by atoms with Crippen LogP contribution in [-0.2, 0) is 11.3 Å². The quantitative estimate of drug-likeness (QED) is 0.904. The Hall–Kier alpha value is -1.42. The van der Waals surface area contributed by atoms with Crippen LogP contribution in [-0.4, -0.2) is 30.4 Å². The van der Waals surface area contributed by atoms with Crippen LogP contribution in [0.1, 0.15) is 30.4 Å². The molecule has 1 amide bonds. The molecule has 1 aliphatic rings. The Labute approximate surface area is 113 Å². The van der Waals surface area contributed by atoms with Crippen LogP contribution >= 0.6 is 0 Å². The minimum Gasteiger partial charge on any atom is -0.342 e. The summed E-state index contributed by atoms with van der Waals surface area (Å²) in [6.45, 7) is 4.35. The molecule has 1 aliphatic heterocycles. The average molecular weight is 264 g/mol. The molecule has 0 bridgehead atoms. The number of carbonyl (C=O) groups excluding carboxylic acids is 1.